The van der Waals surface area contributed by atoms with E-state index in [-0.39, 0.29) is 24.9 Å². The Morgan fingerprint density at radius 3 is 2.09 bits per heavy atom. The van der Waals surface area contributed by atoms with E-state index in [2.05, 4.69) is 34.9 Å². The second-order valence-electron chi connectivity index (χ2n) is 9.76. The van der Waals surface area contributed by atoms with Crippen molar-refractivity contribution in [3.05, 3.63) is 59.7 Å². The number of alkyl carbamates (subject to hydrolysis) is 1. The maximum Gasteiger partial charge on any atom is 0.407 e. The molecule has 1 aliphatic rings. The number of carbonyl (C=O) groups is 3. The Balaban J connectivity index is 1.55. The molecule has 0 aromatic heterocycles. The van der Waals surface area contributed by atoms with E-state index in [0.717, 1.165) is 22.3 Å². The first-order valence-electron chi connectivity index (χ1n) is 11.8. The van der Waals surface area contributed by atoms with E-state index in [0.29, 0.717) is 25.8 Å². The van der Waals surface area contributed by atoms with Crippen LogP contribution in [0.5, 0.6) is 0 Å². The minimum atomic E-state index is -0.816. The zero-order valence-corrected chi connectivity index (χ0v) is 20.1. The van der Waals surface area contributed by atoms with Gasteiger partial charge in [-0.25, -0.2) is 4.79 Å². The number of hydrogen-bond donors (Lipinski definition) is 3. The quantitative estimate of drug-likeness (QED) is 0.440. The van der Waals surface area contributed by atoms with Crippen LogP contribution in [0.3, 0.4) is 0 Å². The highest BCUT2D eigenvalue weighted by atomic mass is 16.5. The minimum absolute atomic E-state index is 0.0501. The summed E-state index contributed by atoms with van der Waals surface area (Å²) in [7, 11) is 0. The predicted octanol–water partition coefficient (Wildman–Crippen LogP) is 4.70. The molecular formula is C27H34N2O5. The van der Waals surface area contributed by atoms with E-state index in [1.165, 1.54) is 0 Å². The van der Waals surface area contributed by atoms with Crippen LogP contribution >= 0.6 is 0 Å². The Bertz CT molecular complexity index is 982. The van der Waals surface area contributed by atoms with Gasteiger partial charge in [0.25, 0.3) is 0 Å². The third-order valence-electron chi connectivity index (χ3n) is 6.10. The predicted molar refractivity (Wildman–Crippen MR) is 131 cm³/mol. The van der Waals surface area contributed by atoms with Crippen molar-refractivity contribution in [3.63, 3.8) is 0 Å². The summed E-state index contributed by atoms with van der Waals surface area (Å²) in [5, 5.41) is 14.3. The Morgan fingerprint density at radius 1 is 0.941 bits per heavy atom. The van der Waals surface area contributed by atoms with Gasteiger partial charge < -0.3 is 20.5 Å². The maximum absolute atomic E-state index is 12.8. The number of nitrogens with one attached hydrogen (secondary N) is 2. The Kier molecular flexibility index (Phi) is 8.31. The number of rotatable bonds is 10. The fourth-order valence-electron chi connectivity index (χ4n) is 4.32. The van der Waals surface area contributed by atoms with Gasteiger partial charge in [0.2, 0.25) is 5.91 Å². The molecule has 1 atom stereocenters. The summed E-state index contributed by atoms with van der Waals surface area (Å²) >= 11 is 0. The van der Waals surface area contributed by atoms with Crippen LogP contribution in [0.15, 0.2) is 48.5 Å². The molecule has 0 bridgehead atoms. The SMILES string of the molecule is CC(C)(C)[C@H](NC(=O)OCC1c2ccccc2-c2ccccc21)C(=O)NCCCCCC(=O)O. The van der Waals surface area contributed by atoms with Crippen LogP contribution in [0.2, 0.25) is 0 Å². The molecule has 7 heteroatoms. The molecule has 0 radical (unpaired) electrons. The minimum Gasteiger partial charge on any atom is -0.481 e. The third-order valence-corrected chi connectivity index (χ3v) is 6.10. The Hall–Kier alpha value is -3.35. The molecule has 0 heterocycles. The second kappa shape index (κ2) is 11.2. The molecule has 0 unspecified atom stereocenters. The number of benzene rings is 2. The van der Waals surface area contributed by atoms with E-state index >= 15 is 0 Å². The van der Waals surface area contributed by atoms with E-state index in [1.807, 2.05) is 45.0 Å². The van der Waals surface area contributed by atoms with Gasteiger partial charge in [-0.05, 0) is 40.5 Å². The fourth-order valence-corrected chi connectivity index (χ4v) is 4.32. The van der Waals surface area contributed by atoms with Crippen molar-refractivity contribution in [2.45, 2.75) is 58.4 Å². The normalized spacial score (nSPS) is 13.5. The highest BCUT2D eigenvalue weighted by molar-refractivity contribution is 5.86. The van der Waals surface area contributed by atoms with E-state index < -0.39 is 23.5 Å². The Morgan fingerprint density at radius 2 is 1.53 bits per heavy atom. The number of ether oxygens (including phenoxy) is 1. The summed E-state index contributed by atoms with van der Waals surface area (Å²) < 4.78 is 5.61. The molecule has 0 spiro atoms. The first-order chi connectivity index (χ1) is 16.2. The average Bonchev–Trinajstić information content (AvgIpc) is 3.11. The first kappa shape index (κ1) is 25.3. The first-order valence-corrected chi connectivity index (χ1v) is 11.8. The summed E-state index contributed by atoms with van der Waals surface area (Å²) in [6.07, 6.45) is 1.47. The number of amides is 2. The van der Waals surface area contributed by atoms with Crippen molar-refractivity contribution in [2.24, 2.45) is 5.41 Å². The number of aliphatic carboxylic acids is 1. The molecule has 3 rings (SSSR count). The van der Waals surface area contributed by atoms with E-state index in [4.69, 9.17) is 9.84 Å². The number of hydrogen-bond acceptors (Lipinski definition) is 4. The maximum atomic E-state index is 12.8. The lowest BCUT2D eigenvalue weighted by Gasteiger charge is -2.30. The van der Waals surface area contributed by atoms with Crippen LogP contribution < -0.4 is 10.6 Å². The standard InChI is InChI=1S/C27H34N2O5/c1-27(2,3)24(25(32)28-16-10-4-5-15-23(30)31)29-26(33)34-17-22-20-13-8-6-11-18(20)19-12-7-9-14-21(19)22/h6-9,11-14,22,24H,4-5,10,15-17H2,1-3H3,(H,28,32)(H,29,33)(H,30,31)/t24-/m1/s1. The van der Waals surface area contributed by atoms with E-state index in [9.17, 15) is 14.4 Å². The van der Waals surface area contributed by atoms with Gasteiger partial charge in [-0.1, -0.05) is 75.7 Å². The van der Waals surface area contributed by atoms with Crippen molar-refractivity contribution < 1.29 is 24.2 Å². The lowest BCUT2D eigenvalue weighted by Crippen LogP contribution is -2.53. The van der Waals surface area contributed by atoms with Crippen molar-refractivity contribution in [1.29, 1.82) is 0 Å². The molecule has 2 aromatic rings. The summed E-state index contributed by atoms with van der Waals surface area (Å²) in [5.74, 6) is -1.14. The van der Waals surface area contributed by atoms with Gasteiger partial charge in [0.15, 0.2) is 0 Å². The van der Waals surface area contributed by atoms with E-state index in [1.54, 1.807) is 0 Å². The summed E-state index contributed by atoms with van der Waals surface area (Å²) in [6, 6.07) is 15.5. The summed E-state index contributed by atoms with van der Waals surface area (Å²) in [6.45, 7) is 6.26. The van der Waals surface area contributed by atoms with Crippen LogP contribution in [0.25, 0.3) is 11.1 Å². The molecule has 0 fully saturated rings. The zero-order valence-electron chi connectivity index (χ0n) is 20.1. The van der Waals surface area contributed by atoms with Crippen molar-refractivity contribution in [3.8, 4) is 11.1 Å². The van der Waals surface area contributed by atoms with Crippen LogP contribution in [0.4, 0.5) is 4.79 Å². The lowest BCUT2D eigenvalue weighted by atomic mass is 9.86. The van der Waals surface area contributed by atoms with Crippen molar-refractivity contribution in [1.82, 2.24) is 10.6 Å². The molecule has 0 saturated carbocycles. The van der Waals surface area contributed by atoms with Crippen LogP contribution in [0.1, 0.15) is 63.5 Å². The highest BCUT2D eigenvalue weighted by Crippen LogP contribution is 2.44. The zero-order chi connectivity index (χ0) is 24.7. The van der Waals surface area contributed by atoms with Gasteiger partial charge in [0.05, 0.1) is 0 Å². The molecule has 0 aliphatic heterocycles. The number of fused-ring (bicyclic) bond motifs is 3. The van der Waals surface area contributed by atoms with Crippen molar-refractivity contribution >= 4 is 18.0 Å². The molecule has 34 heavy (non-hydrogen) atoms. The van der Waals surface area contributed by atoms with Gasteiger partial charge in [0.1, 0.15) is 12.6 Å². The number of unbranched alkanes of at least 4 members (excludes halogenated alkanes) is 2. The number of carboxylic acids is 1. The summed E-state index contributed by atoms with van der Waals surface area (Å²) in [4.78, 5) is 36.1. The van der Waals surface area contributed by atoms with Gasteiger partial charge >= 0.3 is 12.1 Å². The molecule has 1 aliphatic carbocycles. The largest absolute Gasteiger partial charge is 0.481 e. The van der Waals surface area contributed by atoms with Gasteiger partial charge in [0, 0.05) is 18.9 Å². The Labute approximate surface area is 200 Å². The van der Waals surface area contributed by atoms with Crippen LogP contribution in [-0.2, 0) is 14.3 Å². The average molecular weight is 467 g/mol. The summed E-state index contributed by atoms with van der Waals surface area (Å²) in [5.41, 5.74) is 4.05. The van der Waals surface area contributed by atoms with Crippen LogP contribution in [0, 0.1) is 5.41 Å². The molecule has 182 valence electrons. The topological polar surface area (TPSA) is 105 Å². The van der Waals surface area contributed by atoms with Gasteiger partial charge in [-0.2, -0.15) is 0 Å². The number of carboxylic acid groups (broad SMARTS) is 1. The van der Waals surface area contributed by atoms with Crippen LogP contribution in [-0.4, -0.2) is 42.3 Å². The molecule has 0 saturated heterocycles. The second-order valence-corrected chi connectivity index (χ2v) is 9.76. The van der Waals surface area contributed by atoms with Gasteiger partial charge in [-0.15, -0.1) is 0 Å². The smallest absolute Gasteiger partial charge is 0.407 e. The molecule has 2 amide bonds. The molecule has 7 nitrogen and oxygen atoms in total. The lowest BCUT2D eigenvalue weighted by molar-refractivity contribution is -0.137. The van der Waals surface area contributed by atoms with Crippen molar-refractivity contribution in [2.75, 3.05) is 13.2 Å². The fraction of sp³-hybridized carbons (Fsp3) is 0.444. The number of carbonyl (C=O) groups excluding carboxylic acids is 2. The molecule has 2 aromatic carbocycles. The highest BCUT2D eigenvalue weighted by Gasteiger charge is 2.34. The molecular weight excluding hydrogens is 432 g/mol. The third kappa shape index (κ3) is 6.37. The molecule has 3 N–H and O–H groups in total. The van der Waals surface area contributed by atoms with Gasteiger partial charge in [-0.3, -0.25) is 9.59 Å². The monoisotopic (exact) mass is 466 g/mol.